The van der Waals surface area contributed by atoms with Crippen molar-refractivity contribution in [2.45, 2.75) is 19.8 Å². The van der Waals surface area contributed by atoms with E-state index in [0.717, 1.165) is 36.1 Å². The first-order valence-corrected chi connectivity index (χ1v) is 11.0. The molecule has 1 fully saturated rings. The largest absolute Gasteiger partial charge is 0.497 e. The Labute approximate surface area is 193 Å². The van der Waals surface area contributed by atoms with Gasteiger partial charge in [-0.3, -0.25) is 0 Å². The van der Waals surface area contributed by atoms with Crippen molar-refractivity contribution in [1.29, 1.82) is 0 Å². The first-order chi connectivity index (χ1) is 16.0. The molecule has 0 unspecified atom stereocenters. The number of anilines is 3. The van der Waals surface area contributed by atoms with Gasteiger partial charge in [-0.05, 0) is 43.0 Å². The van der Waals surface area contributed by atoms with Crippen molar-refractivity contribution in [3.8, 4) is 22.8 Å². The lowest BCUT2D eigenvalue weighted by atomic mass is 9.99. The Morgan fingerprint density at radius 3 is 2.09 bits per heavy atom. The van der Waals surface area contributed by atoms with Crippen molar-refractivity contribution in [3.63, 3.8) is 0 Å². The van der Waals surface area contributed by atoms with Gasteiger partial charge in [0.2, 0.25) is 0 Å². The van der Waals surface area contributed by atoms with Crippen molar-refractivity contribution in [3.05, 3.63) is 54.6 Å². The number of benzene rings is 2. The summed E-state index contributed by atoms with van der Waals surface area (Å²) in [5.41, 5.74) is 2.96. The second-order valence-electron chi connectivity index (χ2n) is 8.20. The quantitative estimate of drug-likeness (QED) is 0.550. The Balaban J connectivity index is 1.37. The summed E-state index contributed by atoms with van der Waals surface area (Å²) in [6.07, 6.45) is 2.38. The highest BCUT2D eigenvalue weighted by atomic mass is 16.5. The smallest absolute Gasteiger partial charge is 0.323 e. The van der Waals surface area contributed by atoms with Gasteiger partial charge in [0, 0.05) is 48.2 Å². The summed E-state index contributed by atoms with van der Waals surface area (Å²) >= 11 is 0. The van der Waals surface area contributed by atoms with Gasteiger partial charge in [-0.2, -0.15) is 0 Å². The van der Waals surface area contributed by atoms with E-state index in [1.807, 2.05) is 36.4 Å². The minimum Gasteiger partial charge on any atom is -0.497 e. The monoisotopic (exact) mass is 447 g/mol. The molecule has 0 bridgehead atoms. The second kappa shape index (κ2) is 10.2. The molecule has 2 aromatic carbocycles. The zero-order valence-corrected chi connectivity index (χ0v) is 19.2. The average molecular weight is 448 g/mol. The van der Waals surface area contributed by atoms with Crippen LogP contribution in [0.3, 0.4) is 0 Å². The lowest BCUT2D eigenvalue weighted by Gasteiger charge is -2.30. The van der Waals surface area contributed by atoms with Gasteiger partial charge in [0.15, 0.2) is 5.82 Å². The number of rotatable bonds is 6. The number of hydrogen-bond acceptors (Lipinski definition) is 6. The zero-order chi connectivity index (χ0) is 23.2. The van der Waals surface area contributed by atoms with Gasteiger partial charge in [0.05, 0.1) is 19.9 Å². The van der Waals surface area contributed by atoms with Crippen LogP contribution < -0.4 is 25.0 Å². The summed E-state index contributed by atoms with van der Waals surface area (Å²) in [4.78, 5) is 14.7. The molecule has 0 aliphatic carbocycles. The van der Waals surface area contributed by atoms with Gasteiger partial charge in [0.25, 0.3) is 0 Å². The number of aromatic nitrogens is 2. The molecule has 3 aromatic rings. The highest BCUT2D eigenvalue weighted by Crippen LogP contribution is 2.26. The third-order valence-electron chi connectivity index (χ3n) is 5.81. The fourth-order valence-corrected chi connectivity index (χ4v) is 3.78. The molecule has 4 rings (SSSR count). The highest BCUT2D eigenvalue weighted by Gasteiger charge is 2.17. The predicted molar refractivity (Wildman–Crippen MR) is 130 cm³/mol. The molecule has 0 radical (unpaired) electrons. The molecular formula is C25H29N5O3. The molecule has 0 atom stereocenters. The van der Waals surface area contributed by atoms with E-state index >= 15 is 0 Å². The summed E-state index contributed by atoms with van der Waals surface area (Å²) in [6.45, 7) is 4.35. The summed E-state index contributed by atoms with van der Waals surface area (Å²) < 4.78 is 10.5. The molecule has 8 heteroatoms. The summed E-state index contributed by atoms with van der Waals surface area (Å²) in [5, 5.41) is 14.4. The maximum absolute atomic E-state index is 12.4. The lowest BCUT2D eigenvalue weighted by molar-refractivity contribution is 0.262. The molecule has 1 saturated heterocycles. The summed E-state index contributed by atoms with van der Waals surface area (Å²) in [5.74, 6) is 2.89. The highest BCUT2D eigenvalue weighted by molar-refractivity contribution is 6.00. The third kappa shape index (κ3) is 5.71. The van der Waals surface area contributed by atoms with Gasteiger partial charge >= 0.3 is 6.03 Å². The molecule has 0 saturated carbocycles. The van der Waals surface area contributed by atoms with E-state index in [0.29, 0.717) is 22.9 Å². The first kappa shape index (κ1) is 22.4. The SMILES string of the molecule is COc1cc(NC(=O)Nc2ccc(-c3ccc(N4CCC(C)CC4)nn3)cc2)cc(OC)c1. The fraction of sp³-hybridized carbons (Fsp3) is 0.320. The van der Waals surface area contributed by atoms with Gasteiger partial charge in [-0.15, -0.1) is 10.2 Å². The van der Waals surface area contributed by atoms with Crippen LogP contribution in [0.4, 0.5) is 22.0 Å². The normalized spacial score (nSPS) is 14.0. The molecule has 1 aromatic heterocycles. The minimum absolute atomic E-state index is 0.363. The van der Waals surface area contributed by atoms with E-state index < -0.39 is 0 Å². The number of carbonyl (C=O) groups is 1. The van der Waals surface area contributed by atoms with E-state index in [9.17, 15) is 4.79 Å². The number of amides is 2. The van der Waals surface area contributed by atoms with Crippen molar-refractivity contribution in [2.75, 3.05) is 42.8 Å². The molecule has 33 heavy (non-hydrogen) atoms. The molecule has 2 amide bonds. The van der Waals surface area contributed by atoms with Crippen LogP contribution in [-0.2, 0) is 0 Å². The maximum atomic E-state index is 12.4. The Morgan fingerprint density at radius 1 is 0.879 bits per heavy atom. The Kier molecular flexibility index (Phi) is 6.92. The number of ether oxygens (including phenoxy) is 2. The van der Waals surface area contributed by atoms with E-state index in [-0.39, 0.29) is 6.03 Å². The first-order valence-electron chi connectivity index (χ1n) is 11.0. The molecule has 0 spiro atoms. The van der Waals surface area contributed by atoms with Gasteiger partial charge in [-0.1, -0.05) is 19.1 Å². The number of methoxy groups -OCH3 is 2. The minimum atomic E-state index is -0.363. The van der Waals surface area contributed by atoms with Gasteiger partial charge < -0.3 is 25.0 Å². The van der Waals surface area contributed by atoms with Crippen LogP contribution in [0.5, 0.6) is 11.5 Å². The zero-order valence-electron chi connectivity index (χ0n) is 19.2. The number of urea groups is 1. The Bertz CT molecular complexity index is 1060. The van der Waals surface area contributed by atoms with Crippen molar-refractivity contribution in [1.82, 2.24) is 10.2 Å². The standard InChI is InChI=1S/C25H29N5O3/c1-17-10-12-30(13-11-17)24-9-8-23(28-29-24)18-4-6-19(7-5-18)26-25(31)27-20-14-21(32-2)16-22(15-20)33-3/h4-9,14-17H,10-13H2,1-3H3,(H2,26,27,31). The van der Waals surface area contributed by atoms with E-state index in [4.69, 9.17) is 9.47 Å². The van der Waals surface area contributed by atoms with E-state index in [1.54, 1.807) is 32.4 Å². The molecule has 1 aliphatic heterocycles. The number of hydrogen-bond donors (Lipinski definition) is 2. The topological polar surface area (TPSA) is 88.6 Å². The lowest BCUT2D eigenvalue weighted by Crippen LogP contribution is -2.33. The molecule has 2 heterocycles. The number of nitrogens with one attached hydrogen (secondary N) is 2. The van der Waals surface area contributed by atoms with Crippen LogP contribution in [0.2, 0.25) is 0 Å². The predicted octanol–water partition coefficient (Wildman–Crippen LogP) is 5.04. The molecule has 8 nitrogen and oxygen atoms in total. The second-order valence-corrected chi connectivity index (χ2v) is 8.20. The number of piperidine rings is 1. The molecule has 1 aliphatic rings. The van der Waals surface area contributed by atoms with Crippen LogP contribution in [0, 0.1) is 5.92 Å². The van der Waals surface area contributed by atoms with E-state index in [1.165, 1.54) is 12.8 Å². The fourth-order valence-electron chi connectivity index (χ4n) is 3.78. The van der Waals surface area contributed by atoms with Crippen LogP contribution in [0.25, 0.3) is 11.3 Å². The Hall–Kier alpha value is -3.81. The van der Waals surface area contributed by atoms with Crippen molar-refractivity contribution >= 4 is 23.2 Å². The molecule has 172 valence electrons. The summed E-state index contributed by atoms with van der Waals surface area (Å²) in [7, 11) is 3.12. The molecular weight excluding hydrogens is 418 g/mol. The molecule has 2 N–H and O–H groups in total. The van der Waals surface area contributed by atoms with Crippen LogP contribution in [0.1, 0.15) is 19.8 Å². The van der Waals surface area contributed by atoms with E-state index in [2.05, 4.69) is 32.7 Å². The van der Waals surface area contributed by atoms with Crippen molar-refractivity contribution < 1.29 is 14.3 Å². The van der Waals surface area contributed by atoms with Crippen LogP contribution >= 0.6 is 0 Å². The van der Waals surface area contributed by atoms with Crippen LogP contribution in [-0.4, -0.2) is 43.5 Å². The third-order valence-corrected chi connectivity index (χ3v) is 5.81. The van der Waals surface area contributed by atoms with Crippen molar-refractivity contribution in [2.24, 2.45) is 5.92 Å². The van der Waals surface area contributed by atoms with Gasteiger partial charge in [0.1, 0.15) is 11.5 Å². The Morgan fingerprint density at radius 2 is 1.52 bits per heavy atom. The van der Waals surface area contributed by atoms with Gasteiger partial charge in [-0.25, -0.2) is 4.79 Å². The number of nitrogens with zero attached hydrogens (tertiary/aromatic N) is 3. The maximum Gasteiger partial charge on any atom is 0.323 e. The van der Waals surface area contributed by atoms with Crippen LogP contribution in [0.15, 0.2) is 54.6 Å². The summed E-state index contributed by atoms with van der Waals surface area (Å²) in [6, 6.07) is 16.3. The number of carbonyl (C=O) groups excluding carboxylic acids is 1. The average Bonchev–Trinajstić information content (AvgIpc) is 2.85.